The maximum absolute atomic E-state index is 13.2. The van der Waals surface area contributed by atoms with Crippen LogP contribution in [0.15, 0.2) is 18.2 Å². The molecule has 0 aliphatic rings. The van der Waals surface area contributed by atoms with Gasteiger partial charge in [0.25, 0.3) is 5.91 Å². The number of rotatable bonds is 4. The van der Waals surface area contributed by atoms with Crippen molar-refractivity contribution >= 4 is 29.1 Å². The summed E-state index contributed by atoms with van der Waals surface area (Å²) in [4.78, 5) is 13.4. The van der Waals surface area contributed by atoms with Crippen LogP contribution in [0.4, 0.5) is 4.39 Å². The molecule has 1 aromatic carbocycles. The molecule has 94 valence electrons. The zero-order chi connectivity index (χ0) is 13.0. The smallest absolute Gasteiger partial charge is 0.255 e. The number of amides is 1. The Morgan fingerprint density at radius 1 is 1.53 bits per heavy atom. The number of hydrogen-bond donors (Lipinski definition) is 0. The van der Waals surface area contributed by atoms with Gasteiger partial charge in [-0.25, -0.2) is 4.39 Å². The lowest BCUT2D eigenvalue weighted by molar-refractivity contribution is 0.0793. The van der Waals surface area contributed by atoms with E-state index in [2.05, 4.69) is 0 Å². The van der Waals surface area contributed by atoms with Crippen molar-refractivity contribution in [2.24, 2.45) is 0 Å². The van der Waals surface area contributed by atoms with Crippen molar-refractivity contribution in [2.45, 2.75) is 18.7 Å². The Morgan fingerprint density at radius 3 is 2.76 bits per heavy atom. The molecule has 0 radical (unpaired) electrons. The Balaban J connectivity index is 2.78. The third kappa shape index (κ3) is 3.86. The predicted octanol–water partition coefficient (Wildman–Crippen LogP) is 3.57. The molecule has 5 heteroatoms. The molecule has 0 aromatic heterocycles. The van der Waals surface area contributed by atoms with Gasteiger partial charge in [0.2, 0.25) is 0 Å². The molecule has 17 heavy (non-hydrogen) atoms. The number of benzene rings is 1. The number of hydrogen-bond acceptors (Lipinski definition) is 1. The highest BCUT2D eigenvalue weighted by molar-refractivity contribution is 6.34. The van der Waals surface area contributed by atoms with Gasteiger partial charge in [0.15, 0.2) is 0 Å². The monoisotopic (exact) mass is 277 g/mol. The molecule has 0 aliphatic heterocycles. The Bertz CT molecular complexity index is 409. The summed E-state index contributed by atoms with van der Waals surface area (Å²) in [7, 11) is 1.64. The SMILES string of the molecule is CC(Cl)CCN(C)C(=O)c1cccc(F)c1Cl. The molecule has 0 saturated carbocycles. The number of halogens is 3. The zero-order valence-electron chi connectivity index (χ0n) is 9.71. The molecular formula is C12H14Cl2FNO. The number of carbonyl (C=O) groups excluding carboxylic acids is 1. The third-order valence-electron chi connectivity index (χ3n) is 2.39. The van der Waals surface area contributed by atoms with Crippen LogP contribution in [0.5, 0.6) is 0 Å². The molecule has 1 atom stereocenters. The quantitative estimate of drug-likeness (QED) is 0.771. The summed E-state index contributed by atoms with van der Waals surface area (Å²) < 4.78 is 13.2. The van der Waals surface area contributed by atoms with Crippen LogP contribution >= 0.6 is 23.2 Å². The van der Waals surface area contributed by atoms with Crippen LogP contribution in [0.2, 0.25) is 5.02 Å². The summed E-state index contributed by atoms with van der Waals surface area (Å²) in [6, 6.07) is 4.20. The topological polar surface area (TPSA) is 20.3 Å². The standard InChI is InChI=1S/C12H14Cl2FNO/c1-8(13)6-7-16(2)12(17)9-4-3-5-10(15)11(9)14/h3-5,8H,6-7H2,1-2H3. The van der Waals surface area contributed by atoms with Gasteiger partial charge in [0.1, 0.15) is 5.82 Å². The van der Waals surface area contributed by atoms with E-state index in [1.165, 1.54) is 23.1 Å². The predicted molar refractivity (Wildman–Crippen MR) is 68.3 cm³/mol. The van der Waals surface area contributed by atoms with Gasteiger partial charge in [-0.1, -0.05) is 17.7 Å². The van der Waals surface area contributed by atoms with Crippen molar-refractivity contribution in [3.63, 3.8) is 0 Å². The Kier molecular flexibility index (Phi) is 5.22. The summed E-state index contributed by atoms with van der Waals surface area (Å²) in [6.45, 7) is 2.37. The van der Waals surface area contributed by atoms with Crippen LogP contribution in [0.3, 0.4) is 0 Å². The molecule has 1 rings (SSSR count). The molecular weight excluding hydrogens is 264 g/mol. The Hall–Kier alpha value is -0.800. The fraction of sp³-hybridized carbons (Fsp3) is 0.417. The maximum Gasteiger partial charge on any atom is 0.255 e. The van der Waals surface area contributed by atoms with Crippen molar-refractivity contribution in [3.8, 4) is 0 Å². The van der Waals surface area contributed by atoms with Crippen LogP contribution in [0, 0.1) is 5.82 Å². The van der Waals surface area contributed by atoms with Crippen LogP contribution < -0.4 is 0 Å². The van der Waals surface area contributed by atoms with Gasteiger partial charge in [0.05, 0.1) is 10.6 Å². The zero-order valence-corrected chi connectivity index (χ0v) is 11.2. The van der Waals surface area contributed by atoms with E-state index in [0.717, 1.165) is 0 Å². The fourth-order valence-electron chi connectivity index (χ4n) is 1.35. The van der Waals surface area contributed by atoms with Crippen molar-refractivity contribution in [1.29, 1.82) is 0 Å². The molecule has 1 aromatic rings. The van der Waals surface area contributed by atoms with Crippen LogP contribution in [0.25, 0.3) is 0 Å². The number of nitrogens with zero attached hydrogens (tertiary/aromatic N) is 1. The van der Waals surface area contributed by atoms with Gasteiger partial charge in [-0.2, -0.15) is 0 Å². The summed E-state index contributed by atoms with van der Waals surface area (Å²) in [5.74, 6) is -0.886. The van der Waals surface area contributed by atoms with Crippen LogP contribution in [-0.4, -0.2) is 29.8 Å². The van der Waals surface area contributed by atoms with Crippen LogP contribution in [0.1, 0.15) is 23.7 Å². The maximum atomic E-state index is 13.2. The molecule has 0 heterocycles. The third-order valence-corrected chi connectivity index (χ3v) is 2.99. The van der Waals surface area contributed by atoms with Crippen molar-refractivity contribution < 1.29 is 9.18 Å². The normalized spacial score (nSPS) is 12.3. The van der Waals surface area contributed by atoms with E-state index < -0.39 is 5.82 Å². The minimum Gasteiger partial charge on any atom is -0.342 e. The first-order valence-electron chi connectivity index (χ1n) is 5.27. The van der Waals surface area contributed by atoms with E-state index in [0.29, 0.717) is 13.0 Å². The lowest BCUT2D eigenvalue weighted by atomic mass is 10.2. The first-order valence-corrected chi connectivity index (χ1v) is 6.08. The highest BCUT2D eigenvalue weighted by Gasteiger charge is 2.17. The van der Waals surface area contributed by atoms with Gasteiger partial charge in [0, 0.05) is 19.0 Å². The highest BCUT2D eigenvalue weighted by Crippen LogP contribution is 2.21. The minimum atomic E-state index is -0.586. The van der Waals surface area contributed by atoms with Gasteiger partial charge in [-0.15, -0.1) is 11.6 Å². The van der Waals surface area contributed by atoms with Gasteiger partial charge < -0.3 is 4.90 Å². The molecule has 1 amide bonds. The Labute approximate surface area is 110 Å². The minimum absolute atomic E-state index is 0.00627. The largest absolute Gasteiger partial charge is 0.342 e. The first kappa shape index (κ1) is 14.3. The van der Waals surface area contributed by atoms with Crippen LogP contribution in [-0.2, 0) is 0 Å². The summed E-state index contributed by atoms with van der Waals surface area (Å²) in [5, 5.41) is -0.142. The number of alkyl halides is 1. The average molecular weight is 278 g/mol. The van der Waals surface area contributed by atoms with Gasteiger partial charge in [-0.05, 0) is 25.5 Å². The van der Waals surface area contributed by atoms with Gasteiger partial charge >= 0.3 is 0 Å². The molecule has 0 N–H and O–H groups in total. The second-order valence-electron chi connectivity index (χ2n) is 3.90. The molecule has 1 unspecified atom stereocenters. The fourth-order valence-corrected chi connectivity index (χ4v) is 1.65. The second-order valence-corrected chi connectivity index (χ2v) is 5.02. The van der Waals surface area contributed by atoms with Crippen molar-refractivity contribution in [1.82, 2.24) is 4.90 Å². The summed E-state index contributed by atoms with van der Waals surface area (Å²) in [5.41, 5.74) is 0.177. The van der Waals surface area contributed by atoms with E-state index in [1.807, 2.05) is 6.92 Å². The molecule has 2 nitrogen and oxygen atoms in total. The number of carbonyl (C=O) groups is 1. The Morgan fingerprint density at radius 2 is 2.18 bits per heavy atom. The van der Waals surface area contributed by atoms with E-state index in [1.54, 1.807) is 7.05 Å². The lowest BCUT2D eigenvalue weighted by Gasteiger charge is -2.18. The average Bonchev–Trinajstić information content (AvgIpc) is 2.28. The molecule has 0 spiro atoms. The van der Waals surface area contributed by atoms with E-state index in [9.17, 15) is 9.18 Å². The van der Waals surface area contributed by atoms with E-state index in [4.69, 9.17) is 23.2 Å². The molecule has 0 saturated heterocycles. The lowest BCUT2D eigenvalue weighted by Crippen LogP contribution is -2.29. The van der Waals surface area contributed by atoms with Gasteiger partial charge in [-0.3, -0.25) is 4.79 Å². The van der Waals surface area contributed by atoms with Crippen molar-refractivity contribution in [3.05, 3.63) is 34.6 Å². The summed E-state index contributed by atoms with van der Waals surface area (Å²) >= 11 is 11.6. The molecule has 0 bridgehead atoms. The summed E-state index contributed by atoms with van der Waals surface area (Å²) in [6.07, 6.45) is 0.677. The second kappa shape index (κ2) is 6.22. The van der Waals surface area contributed by atoms with Crippen molar-refractivity contribution in [2.75, 3.05) is 13.6 Å². The highest BCUT2D eigenvalue weighted by atomic mass is 35.5. The molecule has 0 fully saturated rings. The van der Waals surface area contributed by atoms with E-state index >= 15 is 0 Å². The van der Waals surface area contributed by atoms with E-state index in [-0.39, 0.29) is 21.9 Å². The molecule has 0 aliphatic carbocycles. The first-order chi connectivity index (χ1) is 7.93.